The second-order valence-corrected chi connectivity index (χ2v) is 5.56. The van der Waals surface area contributed by atoms with E-state index in [-0.39, 0.29) is 35.4 Å². The Hall–Kier alpha value is -2.27. The molecule has 1 heterocycles. The lowest BCUT2D eigenvalue weighted by molar-refractivity contribution is 0.0938. The lowest BCUT2D eigenvalue weighted by atomic mass is 10.2. The number of H-pyrrole nitrogens is 1. The van der Waals surface area contributed by atoms with Crippen molar-refractivity contribution < 1.29 is 9.53 Å². The number of ether oxygens (including phenoxy) is 1. The molecule has 1 aromatic heterocycles. The average Bonchev–Trinajstić information content (AvgIpc) is 2.45. The summed E-state index contributed by atoms with van der Waals surface area (Å²) >= 11 is 5.89. The minimum absolute atomic E-state index is 0.00485. The zero-order chi connectivity index (χ0) is 16.1. The largest absolute Gasteiger partial charge is 0.483 e. The topological polar surface area (TPSA) is 71.2 Å². The van der Waals surface area contributed by atoms with Gasteiger partial charge in [-0.2, -0.15) is 0 Å². The monoisotopic (exact) mass is 320 g/mol. The van der Waals surface area contributed by atoms with Crippen LogP contribution in [0.25, 0.3) is 0 Å². The number of carbonyl (C=O) groups excluding carboxylic acids is 1. The molecule has 0 bridgehead atoms. The number of rotatable bonds is 5. The van der Waals surface area contributed by atoms with Crippen molar-refractivity contribution in [1.82, 2.24) is 10.3 Å². The second-order valence-electron chi connectivity index (χ2n) is 5.12. The molecule has 116 valence electrons. The minimum atomic E-state index is -0.352. The van der Waals surface area contributed by atoms with Crippen LogP contribution in [-0.2, 0) is 6.61 Å². The predicted molar refractivity (Wildman–Crippen MR) is 85.4 cm³/mol. The molecule has 2 N–H and O–H groups in total. The van der Waals surface area contributed by atoms with Crippen molar-refractivity contribution in [3.63, 3.8) is 0 Å². The van der Waals surface area contributed by atoms with Crippen molar-refractivity contribution in [2.24, 2.45) is 0 Å². The molecule has 0 atom stereocenters. The van der Waals surface area contributed by atoms with Crippen molar-refractivity contribution in [3.8, 4) is 5.75 Å². The Balaban J connectivity index is 2.07. The zero-order valence-electron chi connectivity index (χ0n) is 12.4. The smallest absolute Gasteiger partial charge is 0.268 e. The van der Waals surface area contributed by atoms with E-state index in [0.717, 1.165) is 5.56 Å². The van der Waals surface area contributed by atoms with Crippen molar-refractivity contribution in [2.75, 3.05) is 0 Å². The maximum absolute atomic E-state index is 12.0. The summed E-state index contributed by atoms with van der Waals surface area (Å²) in [5.41, 5.74) is 0.706. The molecule has 0 aliphatic heterocycles. The van der Waals surface area contributed by atoms with Crippen LogP contribution in [-0.4, -0.2) is 16.9 Å². The highest BCUT2D eigenvalue weighted by atomic mass is 35.5. The van der Waals surface area contributed by atoms with E-state index in [4.69, 9.17) is 16.3 Å². The first-order valence-electron chi connectivity index (χ1n) is 6.86. The summed E-state index contributed by atoms with van der Waals surface area (Å²) < 4.78 is 5.46. The van der Waals surface area contributed by atoms with Gasteiger partial charge < -0.3 is 15.0 Å². The molecule has 2 rings (SSSR count). The zero-order valence-corrected chi connectivity index (χ0v) is 13.1. The number of pyridine rings is 1. The average molecular weight is 321 g/mol. The lowest BCUT2D eigenvalue weighted by Gasteiger charge is -2.09. The Bertz CT molecular complexity index is 725. The van der Waals surface area contributed by atoms with Gasteiger partial charge in [-0.25, -0.2) is 0 Å². The number of amides is 1. The highest BCUT2D eigenvalue weighted by Crippen LogP contribution is 2.12. The molecular formula is C16H17ClN2O3. The van der Waals surface area contributed by atoms with Crippen LogP contribution in [0.15, 0.2) is 41.3 Å². The minimum Gasteiger partial charge on any atom is -0.483 e. The number of aromatic amines is 1. The van der Waals surface area contributed by atoms with Crippen molar-refractivity contribution in [1.29, 1.82) is 0 Å². The van der Waals surface area contributed by atoms with E-state index in [2.05, 4.69) is 10.3 Å². The first kappa shape index (κ1) is 16.1. The molecule has 0 saturated carbocycles. The molecule has 0 saturated heterocycles. The molecule has 0 unspecified atom stereocenters. The summed E-state index contributed by atoms with van der Waals surface area (Å²) in [4.78, 5) is 26.5. The maximum Gasteiger partial charge on any atom is 0.268 e. The van der Waals surface area contributed by atoms with Gasteiger partial charge in [0.15, 0.2) is 5.75 Å². The van der Waals surface area contributed by atoms with Gasteiger partial charge in [-0.1, -0.05) is 23.7 Å². The van der Waals surface area contributed by atoms with E-state index in [0.29, 0.717) is 5.02 Å². The number of nitrogens with one attached hydrogen (secondary N) is 2. The van der Waals surface area contributed by atoms with Crippen LogP contribution >= 0.6 is 11.6 Å². The van der Waals surface area contributed by atoms with Crippen molar-refractivity contribution >= 4 is 17.5 Å². The Morgan fingerprint density at radius 1 is 1.36 bits per heavy atom. The highest BCUT2D eigenvalue weighted by molar-refractivity contribution is 6.30. The molecule has 2 aromatic rings. The van der Waals surface area contributed by atoms with Crippen molar-refractivity contribution in [3.05, 3.63) is 63.0 Å². The normalized spacial score (nSPS) is 10.5. The van der Waals surface area contributed by atoms with E-state index in [1.165, 1.54) is 12.3 Å². The van der Waals surface area contributed by atoms with E-state index >= 15 is 0 Å². The molecule has 22 heavy (non-hydrogen) atoms. The van der Waals surface area contributed by atoms with Crippen LogP contribution in [0.4, 0.5) is 0 Å². The Kier molecular flexibility index (Phi) is 5.22. The van der Waals surface area contributed by atoms with Crippen LogP contribution < -0.4 is 15.5 Å². The van der Waals surface area contributed by atoms with E-state index < -0.39 is 0 Å². The maximum atomic E-state index is 12.0. The van der Waals surface area contributed by atoms with Gasteiger partial charge in [0.25, 0.3) is 5.91 Å². The van der Waals surface area contributed by atoms with Crippen LogP contribution in [0.2, 0.25) is 5.02 Å². The summed E-state index contributed by atoms with van der Waals surface area (Å²) in [7, 11) is 0. The first-order chi connectivity index (χ1) is 10.5. The molecule has 0 radical (unpaired) electrons. The van der Waals surface area contributed by atoms with Gasteiger partial charge in [-0.15, -0.1) is 0 Å². The Morgan fingerprint density at radius 2 is 2.14 bits per heavy atom. The summed E-state index contributed by atoms with van der Waals surface area (Å²) in [6.45, 7) is 3.91. The van der Waals surface area contributed by atoms with Gasteiger partial charge in [-0.05, 0) is 31.5 Å². The fourth-order valence-corrected chi connectivity index (χ4v) is 2.04. The van der Waals surface area contributed by atoms with Crippen LogP contribution in [0.5, 0.6) is 5.75 Å². The van der Waals surface area contributed by atoms with Crippen LogP contribution in [0.3, 0.4) is 0 Å². The molecule has 1 aromatic carbocycles. The SMILES string of the molecule is CC(C)NC(=O)c1cc(=O)c(OCc2cccc(Cl)c2)c[nH]1. The van der Waals surface area contributed by atoms with E-state index in [1.807, 2.05) is 26.0 Å². The highest BCUT2D eigenvalue weighted by Gasteiger charge is 2.10. The fraction of sp³-hybridized carbons (Fsp3) is 0.250. The standard InChI is InChI=1S/C16H17ClN2O3/c1-10(2)19-16(21)13-7-14(20)15(8-18-13)22-9-11-4-3-5-12(17)6-11/h3-8,10H,9H2,1-2H3,(H,18,20)(H,19,21). The first-order valence-corrected chi connectivity index (χ1v) is 7.24. The molecular weight excluding hydrogens is 304 g/mol. The number of hydrogen-bond donors (Lipinski definition) is 2. The molecule has 1 amide bonds. The fourth-order valence-electron chi connectivity index (χ4n) is 1.83. The van der Waals surface area contributed by atoms with E-state index in [1.54, 1.807) is 12.1 Å². The molecule has 5 nitrogen and oxygen atoms in total. The van der Waals surface area contributed by atoms with Gasteiger partial charge in [0.2, 0.25) is 5.43 Å². The lowest BCUT2D eigenvalue weighted by Crippen LogP contribution is -2.31. The number of carbonyl (C=O) groups is 1. The molecule has 0 aliphatic carbocycles. The Morgan fingerprint density at radius 3 is 2.77 bits per heavy atom. The number of hydrogen-bond acceptors (Lipinski definition) is 3. The van der Waals surface area contributed by atoms with Crippen LogP contribution in [0.1, 0.15) is 29.9 Å². The third-order valence-corrected chi connectivity index (χ3v) is 3.06. The number of aromatic nitrogens is 1. The molecule has 0 spiro atoms. The van der Waals surface area contributed by atoms with Crippen molar-refractivity contribution in [2.45, 2.75) is 26.5 Å². The third kappa shape index (κ3) is 4.36. The number of benzene rings is 1. The van der Waals surface area contributed by atoms with Crippen LogP contribution in [0, 0.1) is 0 Å². The molecule has 0 fully saturated rings. The quantitative estimate of drug-likeness (QED) is 0.890. The summed E-state index contributed by atoms with van der Waals surface area (Å²) in [6, 6.07) is 8.41. The van der Waals surface area contributed by atoms with Gasteiger partial charge in [-0.3, -0.25) is 9.59 Å². The Labute approximate surface area is 133 Å². The van der Waals surface area contributed by atoms with E-state index in [9.17, 15) is 9.59 Å². The molecule has 6 heteroatoms. The molecule has 0 aliphatic rings. The van der Waals surface area contributed by atoms with Gasteiger partial charge >= 0.3 is 0 Å². The predicted octanol–water partition coefficient (Wildman–Crippen LogP) is 2.75. The number of halogens is 1. The summed E-state index contributed by atoms with van der Waals surface area (Å²) in [6.07, 6.45) is 1.39. The summed E-state index contributed by atoms with van der Waals surface area (Å²) in [5, 5.41) is 3.31. The second kappa shape index (κ2) is 7.13. The summed E-state index contributed by atoms with van der Waals surface area (Å²) in [5.74, 6) is -0.172. The van der Waals surface area contributed by atoms with Gasteiger partial charge in [0.05, 0.1) is 0 Å². The van der Waals surface area contributed by atoms with Gasteiger partial charge in [0, 0.05) is 23.3 Å². The van der Waals surface area contributed by atoms with Gasteiger partial charge in [0.1, 0.15) is 12.3 Å². The third-order valence-electron chi connectivity index (χ3n) is 2.82.